The summed E-state index contributed by atoms with van der Waals surface area (Å²) < 4.78 is 0.724. The van der Waals surface area contributed by atoms with Crippen molar-refractivity contribution in [2.75, 3.05) is 5.32 Å². The number of anilines is 1. The van der Waals surface area contributed by atoms with Crippen molar-refractivity contribution >= 4 is 39.1 Å². The van der Waals surface area contributed by atoms with Gasteiger partial charge in [-0.15, -0.1) is 0 Å². The standard InChI is InChI=1S/C14H13BrClN3O/c1-2-3-10-6-9(7-13(16)18-10)14(20)19-12-4-5-17-8-11(12)15/h4-8H,2-3H2,1H3,(H,17,19,20). The highest BCUT2D eigenvalue weighted by atomic mass is 79.9. The highest BCUT2D eigenvalue weighted by Gasteiger charge is 2.11. The first kappa shape index (κ1) is 14.9. The zero-order valence-corrected chi connectivity index (χ0v) is 13.2. The van der Waals surface area contributed by atoms with Gasteiger partial charge in [-0.1, -0.05) is 24.9 Å². The molecule has 6 heteroatoms. The van der Waals surface area contributed by atoms with Crippen LogP contribution < -0.4 is 5.32 Å². The molecule has 0 saturated heterocycles. The normalized spacial score (nSPS) is 10.3. The van der Waals surface area contributed by atoms with E-state index in [-0.39, 0.29) is 5.91 Å². The highest BCUT2D eigenvalue weighted by Crippen LogP contribution is 2.21. The predicted molar refractivity (Wildman–Crippen MR) is 83.1 cm³/mol. The highest BCUT2D eigenvalue weighted by molar-refractivity contribution is 9.10. The van der Waals surface area contributed by atoms with Gasteiger partial charge in [-0.25, -0.2) is 4.98 Å². The van der Waals surface area contributed by atoms with Crippen molar-refractivity contribution in [1.29, 1.82) is 0 Å². The van der Waals surface area contributed by atoms with Crippen LogP contribution in [0.3, 0.4) is 0 Å². The topological polar surface area (TPSA) is 54.9 Å². The van der Waals surface area contributed by atoms with Gasteiger partial charge in [0.05, 0.1) is 10.2 Å². The number of hydrogen-bond donors (Lipinski definition) is 1. The Kier molecular flexibility index (Phi) is 5.09. The lowest BCUT2D eigenvalue weighted by molar-refractivity contribution is 0.102. The molecular weight excluding hydrogens is 342 g/mol. The summed E-state index contributed by atoms with van der Waals surface area (Å²) in [6.07, 6.45) is 4.98. The predicted octanol–water partition coefficient (Wildman–Crippen LogP) is 4.10. The molecule has 0 unspecified atom stereocenters. The number of rotatable bonds is 4. The molecule has 4 nitrogen and oxygen atoms in total. The largest absolute Gasteiger partial charge is 0.321 e. The summed E-state index contributed by atoms with van der Waals surface area (Å²) in [7, 11) is 0. The molecule has 1 amide bonds. The van der Waals surface area contributed by atoms with Crippen molar-refractivity contribution in [2.45, 2.75) is 19.8 Å². The van der Waals surface area contributed by atoms with Crippen LogP contribution in [0.15, 0.2) is 35.1 Å². The minimum Gasteiger partial charge on any atom is -0.321 e. The summed E-state index contributed by atoms with van der Waals surface area (Å²) in [5.74, 6) is -0.224. The maximum absolute atomic E-state index is 12.2. The summed E-state index contributed by atoms with van der Waals surface area (Å²) in [6.45, 7) is 2.05. The first-order valence-corrected chi connectivity index (χ1v) is 7.34. The Morgan fingerprint density at radius 3 is 2.95 bits per heavy atom. The number of carbonyl (C=O) groups excluding carboxylic acids is 1. The monoisotopic (exact) mass is 353 g/mol. The number of nitrogens with zero attached hydrogens (tertiary/aromatic N) is 2. The lowest BCUT2D eigenvalue weighted by Crippen LogP contribution is -2.13. The van der Waals surface area contributed by atoms with Crippen molar-refractivity contribution in [3.63, 3.8) is 0 Å². The van der Waals surface area contributed by atoms with Gasteiger partial charge in [0, 0.05) is 23.7 Å². The van der Waals surface area contributed by atoms with Crippen LogP contribution in [0, 0.1) is 0 Å². The average molecular weight is 355 g/mol. The maximum Gasteiger partial charge on any atom is 0.255 e. The fourth-order valence-corrected chi connectivity index (χ4v) is 2.31. The fraction of sp³-hybridized carbons (Fsp3) is 0.214. The molecule has 0 aliphatic heterocycles. The van der Waals surface area contributed by atoms with Crippen LogP contribution in [0.2, 0.25) is 5.15 Å². The molecule has 2 aromatic rings. The molecule has 2 aromatic heterocycles. The van der Waals surface area contributed by atoms with Gasteiger partial charge in [-0.3, -0.25) is 9.78 Å². The van der Waals surface area contributed by atoms with E-state index in [2.05, 4.69) is 38.1 Å². The zero-order chi connectivity index (χ0) is 14.5. The molecule has 0 radical (unpaired) electrons. The van der Waals surface area contributed by atoms with Gasteiger partial charge < -0.3 is 5.32 Å². The summed E-state index contributed by atoms with van der Waals surface area (Å²) in [4.78, 5) is 20.4. The Labute approximate surface area is 130 Å². The number of halogens is 2. The van der Waals surface area contributed by atoms with E-state index >= 15 is 0 Å². The van der Waals surface area contributed by atoms with Crippen molar-refractivity contribution in [2.24, 2.45) is 0 Å². The van der Waals surface area contributed by atoms with Crippen molar-refractivity contribution in [3.05, 3.63) is 51.5 Å². The van der Waals surface area contributed by atoms with E-state index in [0.29, 0.717) is 16.4 Å². The van der Waals surface area contributed by atoms with Gasteiger partial charge >= 0.3 is 0 Å². The van der Waals surface area contributed by atoms with Gasteiger partial charge in [0.1, 0.15) is 5.15 Å². The van der Waals surface area contributed by atoms with E-state index in [1.54, 1.807) is 30.6 Å². The number of hydrogen-bond acceptors (Lipinski definition) is 3. The summed E-state index contributed by atoms with van der Waals surface area (Å²) in [5, 5.41) is 3.14. The van der Waals surface area contributed by atoms with Crippen LogP contribution in [0.25, 0.3) is 0 Å². The second-order valence-corrected chi connectivity index (χ2v) is 5.47. The van der Waals surface area contributed by atoms with Crippen LogP contribution in [-0.2, 0) is 6.42 Å². The molecule has 0 aromatic carbocycles. The summed E-state index contributed by atoms with van der Waals surface area (Å²) >= 11 is 9.29. The lowest BCUT2D eigenvalue weighted by atomic mass is 10.1. The number of aromatic nitrogens is 2. The van der Waals surface area contributed by atoms with Crippen LogP contribution in [-0.4, -0.2) is 15.9 Å². The Morgan fingerprint density at radius 1 is 1.45 bits per heavy atom. The quantitative estimate of drug-likeness (QED) is 0.841. The molecule has 0 spiro atoms. The zero-order valence-electron chi connectivity index (χ0n) is 10.9. The third-order valence-corrected chi connectivity index (χ3v) is 3.46. The first-order chi connectivity index (χ1) is 9.60. The van der Waals surface area contributed by atoms with Gasteiger partial charge in [-0.2, -0.15) is 0 Å². The van der Waals surface area contributed by atoms with Gasteiger partial charge in [0.2, 0.25) is 0 Å². The van der Waals surface area contributed by atoms with Gasteiger partial charge in [-0.05, 0) is 40.5 Å². The fourth-order valence-electron chi connectivity index (χ4n) is 1.74. The lowest BCUT2D eigenvalue weighted by Gasteiger charge is -2.08. The summed E-state index contributed by atoms with van der Waals surface area (Å²) in [5.41, 5.74) is 1.98. The third-order valence-electron chi connectivity index (χ3n) is 2.64. The van der Waals surface area contributed by atoms with Crippen molar-refractivity contribution < 1.29 is 4.79 Å². The Hall–Kier alpha value is -1.46. The van der Waals surface area contributed by atoms with Crippen molar-refractivity contribution in [3.8, 4) is 0 Å². The second kappa shape index (κ2) is 6.81. The molecule has 0 fully saturated rings. The molecule has 0 atom stereocenters. The SMILES string of the molecule is CCCc1cc(C(=O)Nc2ccncc2Br)cc(Cl)n1. The smallest absolute Gasteiger partial charge is 0.255 e. The van der Waals surface area contributed by atoms with E-state index in [9.17, 15) is 4.79 Å². The molecule has 20 heavy (non-hydrogen) atoms. The average Bonchev–Trinajstić information content (AvgIpc) is 2.41. The molecule has 0 aliphatic carbocycles. The van der Waals surface area contributed by atoms with Crippen LogP contribution >= 0.6 is 27.5 Å². The van der Waals surface area contributed by atoms with Crippen LogP contribution in [0.5, 0.6) is 0 Å². The van der Waals surface area contributed by atoms with Gasteiger partial charge in [0.25, 0.3) is 5.91 Å². The molecule has 0 aliphatic rings. The molecule has 0 bridgehead atoms. The second-order valence-electron chi connectivity index (χ2n) is 4.23. The molecule has 104 valence electrons. The van der Waals surface area contributed by atoms with E-state index in [1.165, 1.54) is 0 Å². The molecule has 1 N–H and O–H groups in total. The third kappa shape index (κ3) is 3.77. The number of aryl methyl sites for hydroxylation is 1. The molecule has 0 saturated carbocycles. The summed E-state index contributed by atoms with van der Waals surface area (Å²) in [6, 6.07) is 5.04. The van der Waals surface area contributed by atoms with E-state index in [1.807, 2.05) is 0 Å². The minimum absolute atomic E-state index is 0.224. The Morgan fingerprint density at radius 2 is 2.25 bits per heavy atom. The molecule has 2 heterocycles. The number of carbonyl (C=O) groups is 1. The Bertz CT molecular complexity index is 634. The molecule has 2 rings (SSSR count). The number of nitrogens with one attached hydrogen (secondary N) is 1. The van der Waals surface area contributed by atoms with Gasteiger partial charge in [0.15, 0.2) is 0 Å². The van der Waals surface area contributed by atoms with Crippen LogP contribution in [0.4, 0.5) is 5.69 Å². The maximum atomic E-state index is 12.2. The number of amides is 1. The van der Waals surface area contributed by atoms with E-state index < -0.39 is 0 Å². The molecular formula is C14H13BrClN3O. The Balaban J connectivity index is 2.23. The van der Waals surface area contributed by atoms with E-state index in [4.69, 9.17) is 11.6 Å². The number of pyridine rings is 2. The van der Waals surface area contributed by atoms with Crippen LogP contribution in [0.1, 0.15) is 29.4 Å². The first-order valence-electron chi connectivity index (χ1n) is 6.17. The van der Waals surface area contributed by atoms with E-state index in [0.717, 1.165) is 23.0 Å². The minimum atomic E-state index is -0.224. The van der Waals surface area contributed by atoms with Crippen molar-refractivity contribution in [1.82, 2.24) is 9.97 Å².